The Morgan fingerprint density at radius 3 is 2.57 bits per heavy atom. The Hall–Kier alpha value is -2.28. The molecule has 21 heavy (non-hydrogen) atoms. The van der Waals surface area contributed by atoms with Crippen molar-refractivity contribution < 1.29 is 14.0 Å². The lowest BCUT2D eigenvalue weighted by Gasteiger charge is -2.08. The molecule has 0 amide bonds. The van der Waals surface area contributed by atoms with Crippen LogP contribution in [0.15, 0.2) is 22.7 Å². The topological polar surface area (TPSA) is 65.2 Å². The zero-order chi connectivity index (χ0) is 15.0. The van der Waals surface area contributed by atoms with E-state index in [0.29, 0.717) is 22.8 Å². The molecule has 2 aromatic heterocycles. The fourth-order valence-corrected chi connectivity index (χ4v) is 2.57. The quantitative estimate of drug-likeness (QED) is 0.750. The van der Waals surface area contributed by atoms with Gasteiger partial charge in [0.1, 0.15) is 11.5 Å². The van der Waals surface area contributed by atoms with Crippen LogP contribution >= 0.6 is 12.2 Å². The molecule has 110 valence electrons. The monoisotopic (exact) mass is 305 g/mol. The van der Waals surface area contributed by atoms with E-state index in [2.05, 4.69) is 10.1 Å². The van der Waals surface area contributed by atoms with Gasteiger partial charge in [0, 0.05) is 18.2 Å². The van der Waals surface area contributed by atoms with Crippen molar-refractivity contribution in [2.45, 2.75) is 13.5 Å². The summed E-state index contributed by atoms with van der Waals surface area (Å²) in [4.78, 5) is 3.16. The molecule has 6 nitrogen and oxygen atoms in total. The lowest BCUT2D eigenvalue weighted by Crippen LogP contribution is -2.00. The minimum absolute atomic E-state index is 0.533. The highest BCUT2D eigenvalue weighted by Gasteiger charge is 2.12. The molecule has 0 fully saturated rings. The highest BCUT2D eigenvalue weighted by molar-refractivity contribution is 7.71. The zero-order valence-electron chi connectivity index (χ0n) is 12.0. The van der Waals surface area contributed by atoms with Crippen molar-refractivity contribution in [2.75, 3.05) is 14.2 Å². The molecule has 3 rings (SSSR count). The van der Waals surface area contributed by atoms with E-state index in [4.69, 9.17) is 26.2 Å². The first-order chi connectivity index (χ1) is 10.1. The van der Waals surface area contributed by atoms with Gasteiger partial charge in [-0.25, -0.2) is 0 Å². The summed E-state index contributed by atoms with van der Waals surface area (Å²) < 4.78 is 18.3. The molecule has 3 aromatic rings. The lowest BCUT2D eigenvalue weighted by atomic mass is 10.2. The van der Waals surface area contributed by atoms with Gasteiger partial charge in [0.2, 0.25) is 0 Å². The van der Waals surface area contributed by atoms with Crippen molar-refractivity contribution in [3.63, 3.8) is 0 Å². The highest BCUT2D eigenvalue weighted by atomic mass is 32.1. The number of aromatic nitrogens is 3. The van der Waals surface area contributed by atoms with E-state index in [9.17, 15) is 0 Å². The molecule has 0 bridgehead atoms. The Bertz CT molecular complexity index is 847. The van der Waals surface area contributed by atoms with Crippen LogP contribution in [0, 0.1) is 11.7 Å². The standard InChI is InChI=1S/C14H15N3O3S/c1-8-4-9(16-20-8)7-17-11-6-13(19-3)12(18-2)5-10(11)15-14(17)21/h4-6H,7H2,1-3H3,(H,15,21). The summed E-state index contributed by atoms with van der Waals surface area (Å²) in [7, 11) is 3.21. The number of hydrogen-bond donors (Lipinski definition) is 1. The van der Waals surface area contributed by atoms with Crippen LogP contribution in [0.1, 0.15) is 11.5 Å². The van der Waals surface area contributed by atoms with Crippen molar-refractivity contribution in [2.24, 2.45) is 0 Å². The fraction of sp³-hybridized carbons (Fsp3) is 0.286. The average Bonchev–Trinajstić information content (AvgIpc) is 3.02. The first-order valence-corrected chi connectivity index (χ1v) is 6.80. The van der Waals surface area contributed by atoms with Crippen molar-refractivity contribution in [1.82, 2.24) is 14.7 Å². The van der Waals surface area contributed by atoms with Crippen LogP contribution in [0.3, 0.4) is 0 Å². The Morgan fingerprint density at radius 2 is 1.95 bits per heavy atom. The predicted octanol–water partition coefficient (Wildman–Crippen LogP) is 3.06. The van der Waals surface area contributed by atoms with E-state index >= 15 is 0 Å². The maximum absolute atomic E-state index is 5.39. The number of hydrogen-bond acceptors (Lipinski definition) is 5. The van der Waals surface area contributed by atoms with Crippen LogP contribution in [-0.4, -0.2) is 28.9 Å². The number of methoxy groups -OCH3 is 2. The molecule has 0 atom stereocenters. The van der Waals surface area contributed by atoms with E-state index in [1.807, 2.05) is 29.7 Å². The first-order valence-electron chi connectivity index (χ1n) is 6.39. The second-order valence-electron chi connectivity index (χ2n) is 4.67. The number of nitrogens with one attached hydrogen (secondary N) is 1. The summed E-state index contributed by atoms with van der Waals surface area (Å²) in [5, 5.41) is 4.00. The number of rotatable bonds is 4. The second-order valence-corrected chi connectivity index (χ2v) is 5.06. The van der Waals surface area contributed by atoms with E-state index < -0.39 is 0 Å². The van der Waals surface area contributed by atoms with Gasteiger partial charge in [0.15, 0.2) is 16.3 Å². The number of ether oxygens (including phenoxy) is 2. The van der Waals surface area contributed by atoms with Gasteiger partial charge in [-0.2, -0.15) is 0 Å². The van der Waals surface area contributed by atoms with Crippen molar-refractivity contribution in [1.29, 1.82) is 0 Å². The Kier molecular flexibility index (Phi) is 3.42. The summed E-state index contributed by atoms with van der Waals surface area (Å²) in [6.45, 7) is 2.39. The molecular formula is C14H15N3O3S. The molecule has 2 heterocycles. The van der Waals surface area contributed by atoms with Gasteiger partial charge in [-0.05, 0) is 19.1 Å². The van der Waals surface area contributed by atoms with Gasteiger partial charge in [-0.1, -0.05) is 5.16 Å². The third kappa shape index (κ3) is 2.40. The molecule has 0 unspecified atom stereocenters. The Labute approximate surface area is 126 Å². The molecule has 0 aliphatic heterocycles. The third-order valence-corrected chi connectivity index (χ3v) is 3.60. The molecular weight excluding hydrogens is 290 g/mol. The van der Waals surface area contributed by atoms with Crippen LogP contribution < -0.4 is 9.47 Å². The molecule has 0 spiro atoms. The van der Waals surface area contributed by atoms with E-state index in [1.165, 1.54) is 0 Å². The van der Waals surface area contributed by atoms with Gasteiger partial charge in [0.05, 0.1) is 31.8 Å². The first kappa shape index (κ1) is 13.7. The number of benzene rings is 1. The molecule has 7 heteroatoms. The smallest absolute Gasteiger partial charge is 0.178 e. The molecule has 1 aromatic carbocycles. The highest BCUT2D eigenvalue weighted by Crippen LogP contribution is 2.32. The molecule has 0 saturated carbocycles. The molecule has 0 saturated heterocycles. The largest absolute Gasteiger partial charge is 0.493 e. The van der Waals surface area contributed by atoms with Crippen LogP contribution in [0.4, 0.5) is 0 Å². The predicted molar refractivity (Wildman–Crippen MR) is 80.6 cm³/mol. The maximum Gasteiger partial charge on any atom is 0.178 e. The number of H-pyrrole nitrogens is 1. The SMILES string of the molecule is COc1cc2[nH]c(=S)n(Cc3cc(C)on3)c2cc1OC. The normalized spacial score (nSPS) is 11.0. The summed E-state index contributed by atoms with van der Waals surface area (Å²) in [6.07, 6.45) is 0. The fourth-order valence-electron chi connectivity index (χ4n) is 2.30. The Balaban J connectivity index is 2.13. The van der Waals surface area contributed by atoms with E-state index in [-0.39, 0.29) is 0 Å². The third-order valence-electron chi connectivity index (χ3n) is 3.28. The van der Waals surface area contributed by atoms with Crippen molar-refractivity contribution in [3.8, 4) is 11.5 Å². The molecule has 0 aliphatic carbocycles. The van der Waals surface area contributed by atoms with Gasteiger partial charge in [-0.15, -0.1) is 0 Å². The van der Waals surface area contributed by atoms with Crippen LogP contribution in [-0.2, 0) is 6.54 Å². The van der Waals surface area contributed by atoms with Gasteiger partial charge in [-0.3, -0.25) is 0 Å². The summed E-state index contributed by atoms with van der Waals surface area (Å²) >= 11 is 5.39. The Morgan fingerprint density at radius 1 is 1.24 bits per heavy atom. The van der Waals surface area contributed by atoms with Gasteiger partial charge >= 0.3 is 0 Å². The average molecular weight is 305 g/mol. The van der Waals surface area contributed by atoms with E-state index in [0.717, 1.165) is 22.5 Å². The van der Waals surface area contributed by atoms with Crippen LogP contribution in [0.5, 0.6) is 11.5 Å². The summed E-state index contributed by atoms with van der Waals surface area (Å²) in [5.41, 5.74) is 2.63. The summed E-state index contributed by atoms with van der Waals surface area (Å²) in [5.74, 6) is 2.09. The minimum Gasteiger partial charge on any atom is -0.493 e. The van der Waals surface area contributed by atoms with Crippen molar-refractivity contribution >= 4 is 23.3 Å². The summed E-state index contributed by atoms with van der Waals surface area (Å²) in [6, 6.07) is 5.66. The van der Waals surface area contributed by atoms with Crippen LogP contribution in [0.2, 0.25) is 0 Å². The number of fused-ring (bicyclic) bond motifs is 1. The van der Waals surface area contributed by atoms with Gasteiger partial charge in [0.25, 0.3) is 0 Å². The molecule has 0 radical (unpaired) electrons. The number of aryl methyl sites for hydroxylation is 1. The number of aromatic amines is 1. The number of imidazole rings is 1. The molecule has 0 aliphatic rings. The van der Waals surface area contributed by atoms with Crippen molar-refractivity contribution in [3.05, 3.63) is 34.4 Å². The van der Waals surface area contributed by atoms with Gasteiger partial charge < -0.3 is 23.5 Å². The zero-order valence-corrected chi connectivity index (χ0v) is 12.8. The van der Waals surface area contributed by atoms with E-state index in [1.54, 1.807) is 14.2 Å². The van der Waals surface area contributed by atoms with Crippen LogP contribution in [0.25, 0.3) is 11.0 Å². The minimum atomic E-state index is 0.533. The lowest BCUT2D eigenvalue weighted by molar-refractivity contribution is 0.355. The second kappa shape index (κ2) is 5.25. The maximum atomic E-state index is 5.39. The number of nitrogens with zero attached hydrogens (tertiary/aromatic N) is 2. The molecule has 1 N–H and O–H groups in total.